The molecule has 46 heavy (non-hydrogen) atoms. The van der Waals surface area contributed by atoms with Gasteiger partial charge in [-0.15, -0.1) is 0 Å². The normalized spacial score (nSPS) is 16.1. The van der Waals surface area contributed by atoms with E-state index in [0.29, 0.717) is 55.1 Å². The number of likely N-dealkylation sites (tertiary alicyclic amines) is 1. The SMILES string of the molecule is COc1cc(COc2cc(OCc3cccc(-c4ccc5c(c4)OCCO5)c3C)c(Cl)cc2CN2CCCCC2C(=O)O)ccn1. The van der Waals surface area contributed by atoms with Gasteiger partial charge in [-0.25, -0.2) is 4.98 Å². The van der Waals surface area contributed by atoms with Crippen molar-refractivity contribution in [2.24, 2.45) is 0 Å². The Hall–Kier alpha value is -4.47. The van der Waals surface area contributed by atoms with Crippen molar-refractivity contribution in [1.29, 1.82) is 0 Å². The van der Waals surface area contributed by atoms with Crippen molar-refractivity contribution in [1.82, 2.24) is 9.88 Å². The Bertz CT molecular complexity index is 1710. The molecule has 2 aliphatic heterocycles. The molecule has 4 aromatic rings. The first kappa shape index (κ1) is 31.5. The second-order valence-corrected chi connectivity index (χ2v) is 11.8. The molecule has 1 aromatic heterocycles. The Labute approximate surface area is 273 Å². The highest BCUT2D eigenvalue weighted by Crippen LogP contribution is 2.38. The number of ether oxygens (including phenoxy) is 5. The van der Waals surface area contributed by atoms with Crippen molar-refractivity contribution < 1.29 is 33.6 Å². The van der Waals surface area contributed by atoms with E-state index in [4.69, 9.17) is 35.3 Å². The first-order chi connectivity index (χ1) is 22.4. The molecule has 10 heteroatoms. The third-order valence-electron chi connectivity index (χ3n) is 8.47. The molecular formula is C36H37ClN2O7. The van der Waals surface area contributed by atoms with Gasteiger partial charge in [-0.2, -0.15) is 0 Å². The molecule has 1 saturated heterocycles. The maximum absolute atomic E-state index is 12.0. The van der Waals surface area contributed by atoms with E-state index < -0.39 is 12.0 Å². The van der Waals surface area contributed by atoms with Crippen LogP contribution in [0.2, 0.25) is 5.02 Å². The summed E-state index contributed by atoms with van der Waals surface area (Å²) in [6.07, 6.45) is 4.11. The summed E-state index contributed by atoms with van der Waals surface area (Å²) in [5, 5.41) is 10.3. The lowest BCUT2D eigenvalue weighted by Crippen LogP contribution is -2.44. The van der Waals surface area contributed by atoms with E-state index in [1.165, 1.54) is 0 Å². The van der Waals surface area contributed by atoms with E-state index in [1.807, 2.05) is 53.4 Å². The van der Waals surface area contributed by atoms with Crippen molar-refractivity contribution in [3.63, 3.8) is 0 Å². The zero-order chi connectivity index (χ0) is 32.0. The van der Waals surface area contributed by atoms with Crippen molar-refractivity contribution in [3.8, 4) is 40.0 Å². The maximum Gasteiger partial charge on any atom is 0.320 e. The summed E-state index contributed by atoms with van der Waals surface area (Å²) < 4.78 is 29.4. The van der Waals surface area contributed by atoms with Crippen LogP contribution < -0.4 is 23.7 Å². The van der Waals surface area contributed by atoms with Crippen LogP contribution >= 0.6 is 11.6 Å². The predicted molar refractivity (Wildman–Crippen MR) is 174 cm³/mol. The molecule has 1 unspecified atom stereocenters. The van der Waals surface area contributed by atoms with Crippen LogP contribution in [-0.4, -0.2) is 53.9 Å². The average Bonchev–Trinajstić information content (AvgIpc) is 3.08. The Morgan fingerprint density at radius 3 is 2.63 bits per heavy atom. The van der Waals surface area contributed by atoms with Crippen LogP contribution in [0.5, 0.6) is 28.9 Å². The number of carboxylic acids is 1. The van der Waals surface area contributed by atoms with Crippen molar-refractivity contribution in [2.45, 2.75) is 52.0 Å². The van der Waals surface area contributed by atoms with Gasteiger partial charge < -0.3 is 28.8 Å². The van der Waals surface area contributed by atoms with E-state index in [1.54, 1.807) is 19.4 Å². The molecule has 2 aliphatic rings. The molecule has 9 nitrogen and oxygen atoms in total. The summed E-state index contributed by atoms with van der Waals surface area (Å²) in [7, 11) is 1.57. The molecule has 0 aliphatic carbocycles. The molecule has 0 bridgehead atoms. The van der Waals surface area contributed by atoms with E-state index in [0.717, 1.165) is 57.7 Å². The second kappa shape index (κ2) is 14.3. The molecule has 1 N–H and O–H groups in total. The van der Waals surface area contributed by atoms with Crippen LogP contribution in [0.1, 0.15) is 41.5 Å². The number of aliphatic carboxylic acids is 1. The Balaban J connectivity index is 1.25. The summed E-state index contributed by atoms with van der Waals surface area (Å²) >= 11 is 6.81. The average molecular weight is 645 g/mol. The van der Waals surface area contributed by atoms with Crippen LogP contribution in [0.4, 0.5) is 0 Å². The lowest BCUT2D eigenvalue weighted by molar-refractivity contribution is -0.144. The van der Waals surface area contributed by atoms with Crippen LogP contribution in [0, 0.1) is 6.92 Å². The smallest absolute Gasteiger partial charge is 0.320 e. The minimum absolute atomic E-state index is 0.256. The van der Waals surface area contributed by atoms with Crippen molar-refractivity contribution in [2.75, 3.05) is 26.9 Å². The molecule has 1 fully saturated rings. The summed E-state index contributed by atoms with van der Waals surface area (Å²) in [6.45, 7) is 4.78. The van der Waals surface area contributed by atoms with Gasteiger partial charge in [0, 0.05) is 30.4 Å². The fraction of sp³-hybridized carbons (Fsp3) is 0.333. The Morgan fingerprint density at radius 1 is 0.978 bits per heavy atom. The fourth-order valence-electron chi connectivity index (χ4n) is 5.96. The summed E-state index contributed by atoms with van der Waals surface area (Å²) in [5.74, 6) is 2.23. The largest absolute Gasteiger partial charge is 0.488 e. The molecule has 1 atom stereocenters. The number of nitrogens with zero attached hydrogens (tertiary/aromatic N) is 2. The van der Waals surface area contributed by atoms with E-state index in [-0.39, 0.29) is 13.2 Å². The summed E-state index contributed by atoms with van der Waals surface area (Å²) in [4.78, 5) is 18.2. The number of methoxy groups -OCH3 is 1. The lowest BCUT2D eigenvalue weighted by Gasteiger charge is -2.33. The van der Waals surface area contributed by atoms with Crippen molar-refractivity contribution in [3.05, 3.63) is 94.1 Å². The third kappa shape index (κ3) is 7.16. The molecule has 0 spiro atoms. The van der Waals surface area contributed by atoms with Crippen LogP contribution in [0.25, 0.3) is 11.1 Å². The molecular weight excluding hydrogens is 608 g/mol. The molecule has 3 heterocycles. The van der Waals surface area contributed by atoms with E-state index in [2.05, 4.69) is 18.0 Å². The highest BCUT2D eigenvalue weighted by atomic mass is 35.5. The second-order valence-electron chi connectivity index (χ2n) is 11.4. The predicted octanol–water partition coefficient (Wildman–Crippen LogP) is 7.09. The highest BCUT2D eigenvalue weighted by Gasteiger charge is 2.29. The van der Waals surface area contributed by atoms with Crippen LogP contribution in [0.15, 0.2) is 66.9 Å². The molecule has 0 saturated carbocycles. The van der Waals surface area contributed by atoms with Crippen molar-refractivity contribution >= 4 is 17.6 Å². The van der Waals surface area contributed by atoms with Gasteiger partial charge in [0.15, 0.2) is 11.5 Å². The van der Waals surface area contributed by atoms with Gasteiger partial charge in [0.1, 0.15) is 44.0 Å². The van der Waals surface area contributed by atoms with Gasteiger partial charge in [0.05, 0.1) is 12.1 Å². The molecule has 3 aromatic carbocycles. The first-order valence-corrected chi connectivity index (χ1v) is 15.8. The minimum Gasteiger partial charge on any atom is -0.488 e. The first-order valence-electron chi connectivity index (χ1n) is 15.4. The van der Waals surface area contributed by atoms with Gasteiger partial charge in [0.25, 0.3) is 0 Å². The quantitative estimate of drug-likeness (QED) is 0.183. The van der Waals surface area contributed by atoms with E-state index >= 15 is 0 Å². The maximum atomic E-state index is 12.0. The zero-order valence-corrected chi connectivity index (χ0v) is 26.7. The minimum atomic E-state index is -0.814. The summed E-state index contributed by atoms with van der Waals surface area (Å²) in [5.41, 5.74) is 5.88. The number of hydrogen-bond acceptors (Lipinski definition) is 8. The number of benzene rings is 3. The van der Waals surface area contributed by atoms with Gasteiger partial charge in [-0.05, 0) is 78.4 Å². The number of pyridine rings is 1. The monoisotopic (exact) mass is 644 g/mol. The number of rotatable bonds is 11. The highest BCUT2D eigenvalue weighted by molar-refractivity contribution is 6.32. The Kier molecular flexibility index (Phi) is 9.80. The molecule has 0 radical (unpaired) electrons. The number of carbonyl (C=O) groups is 1. The van der Waals surface area contributed by atoms with Gasteiger partial charge in [-0.3, -0.25) is 9.69 Å². The fourth-order valence-corrected chi connectivity index (χ4v) is 6.20. The van der Waals surface area contributed by atoms with Gasteiger partial charge in [0.2, 0.25) is 5.88 Å². The zero-order valence-electron chi connectivity index (χ0n) is 26.0. The van der Waals surface area contributed by atoms with Crippen LogP contribution in [0.3, 0.4) is 0 Å². The lowest BCUT2D eigenvalue weighted by atomic mass is 9.96. The number of fused-ring (bicyclic) bond motifs is 1. The van der Waals surface area contributed by atoms with E-state index in [9.17, 15) is 9.90 Å². The topological polar surface area (TPSA) is 99.6 Å². The number of carboxylic acid groups (broad SMARTS) is 1. The van der Waals surface area contributed by atoms with Gasteiger partial charge >= 0.3 is 5.97 Å². The summed E-state index contributed by atoms with van der Waals surface area (Å²) in [6, 6.07) is 18.9. The standard InChI is InChI=1S/C36H37ClN2O7/c1-23-26(6-5-7-28(23)25-9-10-31-34(18-25)44-15-14-43-31)22-46-33-19-32(45-21-24-11-12-38-35(16-24)42-2)27(17-29(33)37)20-39-13-4-3-8-30(39)36(40)41/h5-7,9-12,16-19,30H,3-4,8,13-15,20-22H2,1-2H3,(H,40,41). The number of hydrogen-bond donors (Lipinski definition) is 1. The number of piperidine rings is 1. The van der Waals surface area contributed by atoms with Crippen LogP contribution in [-0.2, 0) is 24.6 Å². The Morgan fingerprint density at radius 2 is 1.80 bits per heavy atom. The third-order valence-corrected chi connectivity index (χ3v) is 8.77. The van der Waals surface area contributed by atoms with Gasteiger partial charge in [-0.1, -0.05) is 42.3 Å². The number of halogens is 1. The molecule has 0 amide bonds. The molecule has 6 rings (SSSR count). The molecule has 240 valence electrons. The number of aromatic nitrogens is 1.